The summed E-state index contributed by atoms with van der Waals surface area (Å²) in [5, 5.41) is 9.02. The van der Waals surface area contributed by atoms with E-state index in [4.69, 9.17) is 10.00 Å². The van der Waals surface area contributed by atoms with E-state index in [0.717, 1.165) is 6.07 Å². The van der Waals surface area contributed by atoms with Gasteiger partial charge >= 0.3 is 0 Å². The summed E-state index contributed by atoms with van der Waals surface area (Å²) >= 11 is 0. The van der Waals surface area contributed by atoms with Crippen LogP contribution in [0.25, 0.3) is 0 Å². The van der Waals surface area contributed by atoms with Crippen LogP contribution in [0.15, 0.2) is 71.6 Å². The van der Waals surface area contributed by atoms with Gasteiger partial charge in [0.15, 0.2) is 6.61 Å². The molecule has 0 aliphatic rings. The second kappa shape index (κ2) is 10.5. The monoisotopic (exact) mass is 482 g/mol. The second-order valence-electron chi connectivity index (χ2n) is 7.00. The first kappa shape index (κ1) is 24.2. The van der Waals surface area contributed by atoms with Crippen molar-refractivity contribution in [1.29, 1.82) is 5.26 Å². The number of hydrogen-bond donors (Lipinski definition) is 3. The number of hydrazine groups is 1. The quantitative estimate of drug-likeness (QED) is 0.443. The van der Waals surface area contributed by atoms with Crippen LogP contribution in [0.1, 0.15) is 21.5 Å². The van der Waals surface area contributed by atoms with Gasteiger partial charge < -0.3 is 4.74 Å². The van der Waals surface area contributed by atoms with E-state index in [0.29, 0.717) is 5.56 Å². The molecule has 0 radical (unpaired) electrons. The molecule has 3 aromatic rings. The van der Waals surface area contributed by atoms with Gasteiger partial charge in [-0.25, -0.2) is 12.8 Å². The van der Waals surface area contributed by atoms with Crippen molar-refractivity contribution in [3.8, 4) is 11.8 Å². The number of hydrogen-bond acceptors (Lipinski definition) is 6. The molecular formula is C23H19FN4O5S. The molecule has 11 heteroatoms. The van der Waals surface area contributed by atoms with E-state index in [-0.39, 0.29) is 27.5 Å². The van der Waals surface area contributed by atoms with E-state index in [1.165, 1.54) is 55.5 Å². The van der Waals surface area contributed by atoms with Gasteiger partial charge in [-0.2, -0.15) is 5.26 Å². The number of halogens is 1. The lowest BCUT2D eigenvalue weighted by Gasteiger charge is -2.11. The fourth-order valence-electron chi connectivity index (χ4n) is 2.74. The lowest BCUT2D eigenvalue weighted by Crippen LogP contribution is -2.43. The van der Waals surface area contributed by atoms with Crippen molar-refractivity contribution in [1.82, 2.24) is 10.9 Å². The highest BCUT2D eigenvalue weighted by Crippen LogP contribution is 2.19. The Morgan fingerprint density at radius 1 is 1.03 bits per heavy atom. The fourth-order valence-corrected chi connectivity index (χ4v) is 3.80. The van der Waals surface area contributed by atoms with E-state index < -0.39 is 34.3 Å². The summed E-state index contributed by atoms with van der Waals surface area (Å²) in [4.78, 5) is 24.0. The Morgan fingerprint density at radius 2 is 1.79 bits per heavy atom. The molecule has 2 amide bonds. The standard InChI is InChI=1S/C23H19FN4O5S/c1-15-9-10-19(12-20(15)24)34(31,32)28-18-7-4-6-16(11-18)23(30)27-26-22(29)14-33-21-8-3-2-5-17(21)13-25/h2-12,28H,14H2,1H3,(H,26,29)(H,27,30). The molecule has 3 N–H and O–H groups in total. The van der Waals surface area contributed by atoms with Gasteiger partial charge in [0.05, 0.1) is 10.5 Å². The average Bonchev–Trinajstić information content (AvgIpc) is 2.82. The summed E-state index contributed by atoms with van der Waals surface area (Å²) in [6, 6.07) is 17.3. The number of ether oxygens (including phenoxy) is 1. The van der Waals surface area contributed by atoms with Crippen molar-refractivity contribution in [3.05, 3.63) is 89.2 Å². The van der Waals surface area contributed by atoms with Crippen LogP contribution in [0.3, 0.4) is 0 Å². The van der Waals surface area contributed by atoms with E-state index >= 15 is 0 Å². The molecule has 0 saturated heterocycles. The molecule has 0 bridgehead atoms. The summed E-state index contributed by atoms with van der Waals surface area (Å²) in [7, 11) is -4.09. The van der Waals surface area contributed by atoms with Gasteiger partial charge in [0, 0.05) is 11.3 Å². The Morgan fingerprint density at radius 3 is 2.53 bits per heavy atom. The number of benzene rings is 3. The Bertz CT molecular complexity index is 1390. The zero-order valence-corrected chi connectivity index (χ0v) is 18.6. The van der Waals surface area contributed by atoms with Gasteiger partial charge in [-0.1, -0.05) is 24.3 Å². The molecule has 0 atom stereocenters. The Kier molecular flexibility index (Phi) is 7.45. The van der Waals surface area contributed by atoms with E-state index in [2.05, 4.69) is 15.6 Å². The summed E-state index contributed by atoms with van der Waals surface area (Å²) in [5.41, 5.74) is 5.03. The number of rotatable bonds is 7. The molecule has 0 heterocycles. The maximum atomic E-state index is 13.8. The van der Waals surface area contributed by atoms with Crippen molar-refractivity contribution in [2.45, 2.75) is 11.8 Å². The Balaban J connectivity index is 1.59. The maximum Gasteiger partial charge on any atom is 0.276 e. The molecule has 0 aliphatic heterocycles. The first-order chi connectivity index (χ1) is 16.2. The summed E-state index contributed by atoms with van der Waals surface area (Å²) in [5.74, 6) is -1.83. The van der Waals surface area contributed by atoms with Crippen molar-refractivity contribution in [3.63, 3.8) is 0 Å². The SMILES string of the molecule is Cc1ccc(S(=O)(=O)Nc2cccc(C(=O)NNC(=O)COc3ccccc3C#N)c2)cc1F. The van der Waals surface area contributed by atoms with E-state index in [9.17, 15) is 22.4 Å². The number of nitrogens with one attached hydrogen (secondary N) is 3. The molecule has 0 fully saturated rings. The molecule has 0 spiro atoms. The lowest BCUT2D eigenvalue weighted by molar-refractivity contribution is -0.123. The summed E-state index contributed by atoms with van der Waals surface area (Å²) < 4.78 is 46.4. The Hall–Kier alpha value is -4.43. The van der Waals surface area contributed by atoms with Crippen LogP contribution in [0.5, 0.6) is 5.75 Å². The van der Waals surface area contributed by atoms with Gasteiger partial charge in [0.2, 0.25) is 0 Å². The third-order valence-electron chi connectivity index (χ3n) is 4.51. The molecule has 3 rings (SSSR count). The van der Waals surface area contributed by atoms with Crippen LogP contribution in [-0.4, -0.2) is 26.8 Å². The van der Waals surface area contributed by atoms with Crippen molar-refractivity contribution in [2.24, 2.45) is 0 Å². The zero-order valence-electron chi connectivity index (χ0n) is 17.8. The van der Waals surface area contributed by atoms with Crippen molar-refractivity contribution < 1.29 is 27.1 Å². The van der Waals surface area contributed by atoms with Gasteiger partial charge in [0.25, 0.3) is 21.8 Å². The first-order valence-electron chi connectivity index (χ1n) is 9.80. The number of anilines is 1. The molecule has 34 heavy (non-hydrogen) atoms. The molecule has 174 valence electrons. The van der Waals surface area contributed by atoms with Crippen molar-refractivity contribution in [2.75, 3.05) is 11.3 Å². The van der Waals surface area contributed by atoms with Crippen LogP contribution in [0.2, 0.25) is 0 Å². The topological polar surface area (TPSA) is 137 Å². The maximum absolute atomic E-state index is 13.8. The van der Waals surface area contributed by atoms with Crippen LogP contribution < -0.4 is 20.3 Å². The largest absolute Gasteiger partial charge is 0.482 e. The highest BCUT2D eigenvalue weighted by Gasteiger charge is 2.17. The molecule has 0 aromatic heterocycles. The molecule has 0 saturated carbocycles. The number of amides is 2. The molecule has 0 unspecified atom stereocenters. The minimum absolute atomic E-state index is 0.0475. The summed E-state index contributed by atoms with van der Waals surface area (Å²) in [6.45, 7) is 1.06. The predicted molar refractivity (Wildman–Crippen MR) is 121 cm³/mol. The molecular weight excluding hydrogens is 463 g/mol. The molecule has 9 nitrogen and oxygen atoms in total. The lowest BCUT2D eigenvalue weighted by atomic mass is 10.2. The average molecular weight is 482 g/mol. The molecule has 3 aromatic carbocycles. The number of sulfonamides is 1. The van der Waals surface area contributed by atoms with Crippen LogP contribution in [0.4, 0.5) is 10.1 Å². The van der Waals surface area contributed by atoms with E-state index in [1.807, 2.05) is 6.07 Å². The fraction of sp³-hybridized carbons (Fsp3) is 0.0870. The third-order valence-corrected chi connectivity index (χ3v) is 5.89. The van der Waals surface area contributed by atoms with Crippen LogP contribution in [-0.2, 0) is 14.8 Å². The van der Waals surface area contributed by atoms with Gasteiger partial charge in [-0.15, -0.1) is 0 Å². The van der Waals surface area contributed by atoms with Gasteiger partial charge in [-0.3, -0.25) is 25.2 Å². The van der Waals surface area contributed by atoms with Gasteiger partial charge in [0.1, 0.15) is 17.6 Å². The Labute approximate surface area is 195 Å². The highest BCUT2D eigenvalue weighted by molar-refractivity contribution is 7.92. The number of nitrogens with zero attached hydrogens (tertiary/aromatic N) is 1. The normalized spacial score (nSPS) is 10.6. The number of aryl methyl sites for hydroxylation is 1. The zero-order chi connectivity index (χ0) is 24.7. The van der Waals surface area contributed by atoms with Crippen LogP contribution in [0, 0.1) is 24.1 Å². The number of para-hydroxylation sites is 1. The second-order valence-corrected chi connectivity index (χ2v) is 8.68. The number of carbonyl (C=O) groups excluding carboxylic acids is 2. The van der Waals surface area contributed by atoms with Crippen LogP contribution >= 0.6 is 0 Å². The van der Waals surface area contributed by atoms with Gasteiger partial charge in [-0.05, 0) is 55.0 Å². The van der Waals surface area contributed by atoms with E-state index in [1.54, 1.807) is 12.1 Å². The summed E-state index contributed by atoms with van der Waals surface area (Å²) in [6.07, 6.45) is 0. The van der Waals surface area contributed by atoms with Crippen molar-refractivity contribution >= 4 is 27.5 Å². The number of nitriles is 1. The third kappa shape index (κ3) is 6.08. The minimum Gasteiger partial charge on any atom is -0.482 e. The predicted octanol–water partition coefficient (Wildman–Crippen LogP) is 2.65. The highest BCUT2D eigenvalue weighted by atomic mass is 32.2. The number of carbonyl (C=O) groups is 2. The minimum atomic E-state index is -4.09. The first-order valence-corrected chi connectivity index (χ1v) is 11.3. The smallest absolute Gasteiger partial charge is 0.276 e. The molecule has 0 aliphatic carbocycles.